The van der Waals surface area contributed by atoms with Crippen molar-refractivity contribution < 1.29 is 39.8 Å². The maximum absolute atomic E-state index is 13.0. The van der Waals surface area contributed by atoms with E-state index in [1.165, 1.54) is 122 Å². The van der Waals surface area contributed by atoms with Crippen molar-refractivity contribution in [2.45, 2.75) is 256 Å². The van der Waals surface area contributed by atoms with Crippen molar-refractivity contribution in [3.05, 3.63) is 60.8 Å². The molecule has 0 saturated carbocycles. The third-order valence-electron chi connectivity index (χ3n) is 11.8. The molecule has 6 N–H and O–H groups in total. The van der Waals surface area contributed by atoms with E-state index in [0.717, 1.165) is 70.6 Å². The van der Waals surface area contributed by atoms with Crippen LogP contribution < -0.4 is 5.32 Å². The molecule has 0 spiro atoms. The van der Waals surface area contributed by atoms with Gasteiger partial charge in [0.1, 0.15) is 24.4 Å². The van der Waals surface area contributed by atoms with Crippen LogP contribution in [0.3, 0.4) is 0 Å². The first-order chi connectivity index (χ1) is 30.3. The highest BCUT2D eigenvalue weighted by atomic mass is 16.7. The Balaban J connectivity index is 2.34. The van der Waals surface area contributed by atoms with E-state index in [-0.39, 0.29) is 12.5 Å². The minimum absolute atomic E-state index is 0.204. The minimum atomic E-state index is -1.58. The van der Waals surface area contributed by atoms with E-state index in [0.29, 0.717) is 6.42 Å². The predicted octanol–water partition coefficient (Wildman–Crippen LogP) is 11.6. The highest BCUT2D eigenvalue weighted by molar-refractivity contribution is 5.76. The average Bonchev–Trinajstić information content (AvgIpc) is 3.27. The Kier molecular flexibility index (Phi) is 40.0. The predicted molar refractivity (Wildman–Crippen MR) is 258 cm³/mol. The molecule has 0 aromatic carbocycles. The third kappa shape index (κ3) is 32.5. The van der Waals surface area contributed by atoms with Gasteiger partial charge in [0.05, 0.1) is 25.4 Å². The first kappa shape index (κ1) is 57.9. The lowest BCUT2D eigenvalue weighted by Crippen LogP contribution is -2.60. The Labute approximate surface area is 379 Å². The molecule has 1 saturated heterocycles. The summed E-state index contributed by atoms with van der Waals surface area (Å²) in [7, 11) is 0. The van der Waals surface area contributed by atoms with Crippen LogP contribution in [0.25, 0.3) is 0 Å². The van der Waals surface area contributed by atoms with Crippen LogP contribution in [0.1, 0.15) is 213 Å². The molecule has 7 atom stereocenters. The zero-order valence-corrected chi connectivity index (χ0v) is 39.6. The zero-order valence-electron chi connectivity index (χ0n) is 39.6. The fourth-order valence-electron chi connectivity index (χ4n) is 7.71. The molecular weight excluding hydrogens is 779 g/mol. The summed E-state index contributed by atoms with van der Waals surface area (Å²) in [6, 6.07) is -0.836. The quantitative estimate of drug-likeness (QED) is 0.0202. The van der Waals surface area contributed by atoms with E-state index in [1.807, 2.05) is 6.08 Å². The number of unbranched alkanes of at least 4 members (excludes halogenated alkanes) is 25. The standard InChI is InChI=1S/C53H95NO8/c1-3-5-7-9-11-13-15-17-19-20-21-22-23-24-25-26-27-29-30-32-34-36-38-40-42-47(56)46(45-61-53-52(60)51(59)50(58)48(44-55)62-53)54-49(57)43-41-39-37-35-33-31-28-18-16-14-12-10-8-6-4-2/h12,14,16,18,26-27,32,34,40,42,46-48,50-53,55-56,58-60H,3-11,13,15,17,19-25,28-31,33,35-39,41,43-45H2,1-2H3,(H,54,57)/b14-12-,18-16-,27-26+,34-32+,42-40+. The van der Waals surface area contributed by atoms with Gasteiger partial charge in [0, 0.05) is 6.42 Å². The van der Waals surface area contributed by atoms with Crippen LogP contribution in [-0.4, -0.2) is 87.5 Å². The molecule has 62 heavy (non-hydrogen) atoms. The van der Waals surface area contributed by atoms with Crippen molar-refractivity contribution in [2.75, 3.05) is 13.2 Å². The molecule has 1 heterocycles. The van der Waals surface area contributed by atoms with Gasteiger partial charge in [-0.25, -0.2) is 0 Å². The van der Waals surface area contributed by atoms with E-state index in [2.05, 4.69) is 67.8 Å². The fraction of sp³-hybridized carbons (Fsp3) is 0.792. The highest BCUT2D eigenvalue weighted by Crippen LogP contribution is 2.22. The second kappa shape index (κ2) is 42.8. The van der Waals surface area contributed by atoms with E-state index in [1.54, 1.807) is 6.08 Å². The molecule has 9 heteroatoms. The largest absolute Gasteiger partial charge is 0.394 e. The summed E-state index contributed by atoms with van der Waals surface area (Å²) in [5.41, 5.74) is 0. The van der Waals surface area contributed by atoms with Gasteiger partial charge in [-0.3, -0.25) is 4.79 Å². The molecule has 7 unspecified atom stereocenters. The Bertz CT molecular complexity index is 1150. The summed E-state index contributed by atoms with van der Waals surface area (Å²) in [6.45, 7) is 3.72. The number of carbonyl (C=O) groups excluding carboxylic acids is 1. The number of aliphatic hydroxyl groups is 5. The Morgan fingerprint density at radius 2 is 0.968 bits per heavy atom. The Hall–Kier alpha value is -2.11. The van der Waals surface area contributed by atoms with Crippen LogP contribution in [0.15, 0.2) is 60.8 Å². The van der Waals surface area contributed by atoms with Crippen LogP contribution in [0.5, 0.6) is 0 Å². The highest BCUT2D eigenvalue weighted by Gasteiger charge is 2.44. The summed E-state index contributed by atoms with van der Waals surface area (Å²) in [5.74, 6) is -0.204. The first-order valence-electron chi connectivity index (χ1n) is 25.5. The van der Waals surface area contributed by atoms with Crippen LogP contribution >= 0.6 is 0 Å². The van der Waals surface area contributed by atoms with Gasteiger partial charge in [0.15, 0.2) is 6.29 Å². The van der Waals surface area contributed by atoms with Crippen molar-refractivity contribution in [1.29, 1.82) is 0 Å². The third-order valence-corrected chi connectivity index (χ3v) is 11.8. The fourth-order valence-corrected chi connectivity index (χ4v) is 7.71. The molecule has 0 aromatic rings. The van der Waals surface area contributed by atoms with Gasteiger partial charge in [-0.2, -0.15) is 0 Å². The van der Waals surface area contributed by atoms with Crippen molar-refractivity contribution in [2.24, 2.45) is 0 Å². The van der Waals surface area contributed by atoms with Crippen molar-refractivity contribution >= 4 is 5.91 Å². The first-order valence-corrected chi connectivity index (χ1v) is 25.5. The molecular formula is C53H95NO8. The van der Waals surface area contributed by atoms with Crippen LogP contribution in [0.2, 0.25) is 0 Å². The normalized spacial score (nSPS) is 20.8. The number of hydrogen-bond donors (Lipinski definition) is 6. The molecule has 1 aliphatic heterocycles. The summed E-state index contributed by atoms with van der Waals surface area (Å²) in [5, 5.41) is 54.3. The Morgan fingerprint density at radius 1 is 0.548 bits per heavy atom. The topological polar surface area (TPSA) is 149 Å². The molecule has 1 rings (SSSR count). The van der Waals surface area contributed by atoms with Gasteiger partial charge in [-0.05, 0) is 70.6 Å². The van der Waals surface area contributed by atoms with Gasteiger partial charge in [0.2, 0.25) is 5.91 Å². The number of amides is 1. The molecule has 0 bridgehead atoms. The monoisotopic (exact) mass is 874 g/mol. The van der Waals surface area contributed by atoms with E-state index >= 15 is 0 Å². The molecule has 0 aromatic heterocycles. The Morgan fingerprint density at radius 3 is 1.48 bits per heavy atom. The number of ether oxygens (including phenoxy) is 2. The second-order valence-electron chi connectivity index (χ2n) is 17.6. The summed E-state index contributed by atoms with van der Waals surface area (Å²) < 4.78 is 11.2. The summed E-state index contributed by atoms with van der Waals surface area (Å²) in [4.78, 5) is 13.0. The van der Waals surface area contributed by atoms with E-state index < -0.39 is 49.5 Å². The van der Waals surface area contributed by atoms with Gasteiger partial charge in [-0.15, -0.1) is 0 Å². The number of allylic oxidation sites excluding steroid dienone is 9. The van der Waals surface area contributed by atoms with Crippen molar-refractivity contribution in [1.82, 2.24) is 5.32 Å². The molecule has 1 amide bonds. The van der Waals surface area contributed by atoms with Gasteiger partial charge < -0.3 is 40.3 Å². The number of carbonyl (C=O) groups is 1. The van der Waals surface area contributed by atoms with Gasteiger partial charge in [0.25, 0.3) is 0 Å². The molecule has 0 aliphatic carbocycles. The van der Waals surface area contributed by atoms with Crippen LogP contribution in [0, 0.1) is 0 Å². The van der Waals surface area contributed by atoms with E-state index in [9.17, 15) is 30.3 Å². The lowest BCUT2D eigenvalue weighted by atomic mass is 9.99. The molecule has 9 nitrogen and oxygen atoms in total. The van der Waals surface area contributed by atoms with Gasteiger partial charge >= 0.3 is 0 Å². The molecule has 0 radical (unpaired) electrons. The maximum Gasteiger partial charge on any atom is 0.220 e. The molecule has 1 aliphatic rings. The zero-order chi connectivity index (χ0) is 45.1. The van der Waals surface area contributed by atoms with Crippen molar-refractivity contribution in [3.63, 3.8) is 0 Å². The van der Waals surface area contributed by atoms with Crippen LogP contribution in [-0.2, 0) is 14.3 Å². The SMILES string of the molecule is CCCCC/C=C\C=C/CCCCCCCCC(=O)NC(COC1OC(CO)C(O)C(O)C1O)C(O)/C=C/CC/C=C/CC/C=C/CCCCCCCCCCCCCCCC. The molecule has 1 fully saturated rings. The van der Waals surface area contributed by atoms with Gasteiger partial charge in [-0.1, -0.05) is 197 Å². The van der Waals surface area contributed by atoms with Crippen LogP contribution in [0.4, 0.5) is 0 Å². The average molecular weight is 874 g/mol. The number of rotatable bonds is 42. The summed E-state index contributed by atoms with van der Waals surface area (Å²) >= 11 is 0. The lowest BCUT2D eigenvalue weighted by Gasteiger charge is -2.40. The number of hydrogen-bond acceptors (Lipinski definition) is 8. The number of aliphatic hydroxyl groups excluding tert-OH is 5. The second-order valence-corrected chi connectivity index (χ2v) is 17.6. The lowest BCUT2D eigenvalue weighted by molar-refractivity contribution is -0.302. The number of nitrogens with one attached hydrogen (secondary N) is 1. The summed E-state index contributed by atoms with van der Waals surface area (Å²) in [6.07, 6.45) is 49.9. The molecule has 360 valence electrons. The van der Waals surface area contributed by atoms with Crippen molar-refractivity contribution in [3.8, 4) is 0 Å². The maximum atomic E-state index is 13.0. The minimum Gasteiger partial charge on any atom is -0.394 e. The smallest absolute Gasteiger partial charge is 0.220 e. The van der Waals surface area contributed by atoms with E-state index in [4.69, 9.17) is 9.47 Å².